The van der Waals surface area contributed by atoms with Crippen LogP contribution in [0.3, 0.4) is 0 Å². The van der Waals surface area contributed by atoms with Crippen LogP contribution in [0.2, 0.25) is 23.7 Å². The van der Waals surface area contributed by atoms with E-state index in [2.05, 4.69) is 5.32 Å². The molecular formula is C35H40ClFN4O5Si. The summed E-state index contributed by atoms with van der Waals surface area (Å²) in [5, 5.41) is 13.1. The normalized spacial score (nSPS) is 25.4. The summed E-state index contributed by atoms with van der Waals surface area (Å²) in [7, 11) is -3.47. The standard InChI is InChI=1S/C35H40ClFN4O5Si/c1-21-32(47(2,3)37)30(18-31(43)40-16-4-5-27(40)20-42)46-35(21)28-17-24(36)10-15-29(28)41(34(35)45)19-22-6-13-26(14-7-22)39-33(44)23-8-11-25(38)12-9-23/h6-15,17,21,27,30,32,42H,4-5,16,18-20,38H2,1-3H3,(H,39,44)/t21-,27+,30+,32-,35+/m1/s1. The van der Waals surface area contributed by atoms with Gasteiger partial charge in [-0.15, -0.1) is 0 Å². The molecule has 2 saturated heterocycles. The van der Waals surface area contributed by atoms with Crippen molar-refractivity contribution in [3.05, 3.63) is 88.4 Å². The Morgan fingerprint density at radius 1 is 1.13 bits per heavy atom. The minimum atomic E-state index is -3.47. The Kier molecular flexibility index (Phi) is 8.94. The van der Waals surface area contributed by atoms with Crippen molar-refractivity contribution in [2.24, 2.45) is 5.92 Å². The molecule has 3 heterocycles. The van der Waals surface area contributed by atoms with Crippen molar-refractivity contribution in [3.8, 4) is 0 Å². The number of halogens is 2. The number of carbonyl (C=O) groups excluding carboxylic acids is 3. The van der Waals surface area contributed by atoms with Crippen molar-refractivity contribution in [2.75, 3.05) is 29.1 Å². The summed E-state index contributed by atoms with van der Waals surface area (Å²) in [5.41, 5.74) is 7.21. The topological polar surface area (TPSA) is 125 Å². The van der Waals surface area contributed by atoms with E-state index >= 15 is 4.11 Å². The number of nitrogens with one attached hydrogen (secondary N) is 1. The van der Waals surface area contributed by atoms with Crippen LogP contribution < -0.4 is 16.0 Å². The number of aliphatic hydroxyl groups excluding tert-OH is 1. The van der Waals surface area contributed by atoms with E-state index in [1.54, 1.807) is 77.5 Å². The number of ether oxygens (including phenoxy) is 1. The second-order valence-corrected chi connectivity index (χ2v) is 17.6. The lowest BCUT2D eigenvalue weighted by atomic mass is 9.82. The first-order valence-corrected chi connectivity index (χ1v) is 19.3. The van der Waals surface area contributed by atoms with Crippen molar-refractivity contribution in [3.63, 3.8) is 0 Å². The van der Waals surface area contributed by atoms with Crippen molar-refractivity contribution in [2.45, 2.75) is 69.1 Å². The van der Waals surface area contributed by atoms with Crippen LogP contribution in [0.4, 0.5) is 21.2 Å². The maximum Gasteiger partial charge on any atom is 0.264 e. The highest BCUT2D eigenvalue weighted by atomic mass is 35.5. The van der Waals surface area contributed by atoms with Gasteiger partial charge in [0.05, 0.1) is 37.4 Å². The molecule has 0 unspecified atom stereocenters. The third-order valence-corrected chi connectivity index (χ3v) is 12.6. The van der Waals surface area contributed by atoms with Crippen LogP contribution in [0.25, 0.3) is 0 Å². The highest BCUT2D eigenvalue weighted by Gasteiger charge is 2.67. The second-order valence-electron chi connectivity index (χ2n) is 13.4. The maximum absolute atomic E-state index is 16.2. The molecule has 0 saturated carbocycles. The van der Waals surface area contributed by atoms with Gasteiger partial charge in [-0.3, -0.25) is 14.4 Å². The molecule has 3 aliphatic heterocycles. The van der Waals surface area contributed by atoms with Gasteiger partial charge in [0.1, 0.15) is 0 Å². The van der Waals surface area contributed by atoms with E-state index in [0.717, 1.165) is 18.4 Å². The number of nitrogens with zero attached hydrogens (tertiary/aromatic N) is 2. The first-order chi connectivity index (χ1) is 22.3. The Morgan fingerprint density at radius 2 is 1.83 bits per heavy atom. The van der Waals surface area contributed by atoms with E-state index < -0.39 is 31.6 Å². The number of nitrogens with two attached hydrogens (primary N) is 1. The maximum atomic E-state index is 16.2. The lowest BCUT2D eigenvalue weighted by molar-refractivity contribution is -0.150. The quantitative estimate of drug-likeness (QED) is 0.156. The highest BCUT2D eigenvalue weighted by molar-refractivity contribution is 6.72. The lowest BCUT2D eigenvalue weighted by Crippen LogP contribution is -2.45. The molecule has 3 amide bonds. The summed E-state index contributed by atoms with van der Waals surface area (Å²) in [4.78, 5) is 44.1. The Bertz CT molecular complexity index is 1680. The van der Waals surface area contributed by atoms with Crippen LogP contribution >= 0.6 is 11.6 Å². The zero-order chi connectivity index (χ0) is 33.7. The summed E-state index contributed by atoms with van der Waals surface area (Å²) in [6, 6.07) is 18.8. The number of nitrogen functional groups attached to an aromatic ring is 1. The minimum absolute atomic E-state index is 0.0691. The summed E-state index contributed by atoms with van der Waals surface area (Å²) >= 11 is 6.49. The van der Waals surface area contributed by atoms with E-state index in [1.165, 1.54) is 0 Å². The van der Waals surface area contributed by atoms with Gasteiger partial charge in [-0.25, -0.2) is 0 Å². The van der Waals surface area contributed by atoms with Crippen molar-refractivity contribution < 1.29 is 28.3 Å². The fraction of sp³-hybridized carbons (Fsp3) is 0.400. The molecule has 248 valence electrons. The minimum Gasteiger partial charge on any atom is -0.399 e. The molecule has 12 heteroatoms. The number of carbonyl (C=O) groups is 3. The number of likely N-dealkylation sites (tertiary alicyclic amines) is 1. The van der Waals surface area contributed by atoms with E-state index in [-0.39, 0.29) is 43.3 Å². The number of fused-ring (bicyclic) bond motifs is 2. The predicted octanol–water partition coefficient (Wildman–Crippen LogP) is 5.87. The van der Waals surface area contributed by atoms with Crippen LogP contribution in [0.1, 0.15) is 47.7 Å². The third-order valence-electron chi connectivity index (χ3n) is 9.93. The van der Waals surface area contributed by atoms with Crippen LogP contribution in [-0.2, 0) is 26.5 Å². The Balaban J connectivity index is 1.27. The molecule has 4 N–H and O–H groups in total. The summed E-state index contributed by atoms with van der Waals surface area (Å²) in [5.74, 6) is -1.36. The molecule has 2 fully saturated rings. The number of anilines is 3. The fourth-order valence-corrected chi connectivity index (χ4v) is 10.4. The molecule has 0 radical (unpaired) electrons. The molecule has 0 bridgehead atoms. The zero-order valence-corrected chi connectivity index (χ0v) is 28.5. The van der Waals surface area contributed by atoms with Gasteiger partial charge in [-0.05, 0) is 86.1 Å². The molecule has 3 aromatic rings. The third kappa shape index (κ3) is 6.06. The van der Waals surface area contributed by atoms with Gasteiger partial charge in [0.15, 0.2) is 5.60 Å². The van der Waals surface area contributed by atoms with Gasteiger partial charge >= 0.3 is 0 Å². The van der Waals surface area contributed by atoms with Crippen molar-refractivity contribution >= 4 is 54.8 Å². The average Bonchev–Trinajstić information content (AvgIpc) is 3.69. The van der Waals surface area contributed by atoms with E-state index in [0.29, 0.717) is 39.8 Å². The molecule has 0 aliphatic carbocycles. The molecular weight excluding hydrogens is 639 g/mol. The van der Waals surface area contributed by atoms with E-state index in [9.17, 15) is 19.5 Å². The molecule has 1 spiro atoms. The number of amides is 3. The Labute approximate surface area is 280 Å². The molecule has 47 heavy (non-hydrogen) atoms. The van der Waals surface area contributed by atoms with Crippen molar-refractivity contribution in [1.29, 1.82) is 0 Å². The molecule has 3 aromatic carbocycles. The smallest absolute Gasteiger partial charge is 0.264 e. The first-order valence-electron chi connectivity index (χ1n) is 16.0. The molecule has 5 atom stereocenters. The van der Waals surface area contributed by atoms with Gasteiger partial charge in [0.25, 0.3) is 11.8 Å². The largest absolute Gasteiger partial charge is 0.399 e. The molecule has 6 rings (SSSR count). The highest BCUT2D eigenvalue weighted by Crippen LogP contribution is 2.60. The van der Waals surface area contributed by atoms with Gasteiger partial charge in [0, 0.05) is 45.5 Å². The van der Waals surface area contributed by atoms with E-state index in [4.69, 9.17) is 22.1 Å². The average molecular weight is 679 g/mol. The SMILES string of the molecule is C[C@@H]1[C@@H]([Si](C)(C)F)[C@H](CC(=O)N2CCC[C@H]2CO)O[C@@]12C(=O)N(Cc1ccc(NC(=O)c3ccc(N)cc3)cc1)c1ccc(Cl)cc12. The number of rotatable bonds is 8. The van der Waals surface area contributed by atoms with Crippen LogP contribution in [0, 0.1) is 5.92 Å². The monoisotopic (exact) mass is 678 g/mol. The zero-order valence-electron chi connectivity index (χ0n) is 26.7. The number of hydrogen-bond acceptors (Lipinski definition) is 6. The number of benzene rings is 3. The van der Waals surface area contributed by atoms with Gasteiger partial charge < -0.3 is 34.8 Å². The van der Waals surface area contributed by atoms with Crippen molar-refractivity contribution in [1.82, 2.24) is 4.90 Å². The number of aliphatic hydroxyl groups is 1. The van der Waals surface area contributed by atoms with Crippen LogP contribution in [0.15, 0.2) is 66.7 Å². The summed E-state index contributed by atoms with van der Waals surface area (Å²) in [6.45, 7) is 5.66. The summed E-state index contributed by atoms with van der Waals surface area (Å²) < 4.78 is 22.9. The van der Waals surface area contributed by atoms with Crippen LogP contribution in [0.5, 0.6) is 0 Å². The summed E-state index contributed by atoms with van der Waals surface area (Å²) in [6.07, 6.45) is 0.630. The molecule has 3 aliphatic rings. The lowest BCUT2D eigenvalue weighted by Gasteiger charge is -2.31. The molecule has 9 nitrogen and oxygen atoms in total. The fourth-order valence-electron chi connectivity index (χ4n) is 7.73. The van der Waals surface area contributed by atoms with Gasteiger partial charge in [-0.1, -0.05) is 30.7 Å². The van der Waals surface area contributed by atoms with Gasteiger partial charge in [-0.2, -0.15) is 0 Å². The Hall–Kier alpha value is -3.77. The predicted molar refractivity (Wildman–Crippen MR) is 182 cm³/mol. The van der Waals surface area contributed by atoms with Crippen LogP contribution in [-0.4, -0.2) is 61.4 Å². The van der Waals surface area contributed by atoms with Gasteiger partial charge in [0.2, 0.25) is 14.3 Å². The van der Waals surface area contributed by atoms with E-state index in [1.807, 2.05) is 19.1 Å². The Morgan fingerprint density at radius 3 is 2.49 bits per heavy atom. The number of hydrogen-bond donors (Lipinski definition) is 3. The molecule has 0 aromatic heterocycles. The second kappa shape index (κ2) is 12.7. The first kappa shape index (κ1) is 33.1.